The predicted octanol–water partition coefficient (Wildman–Crippen LogP) is 4.08. The molecule has 0 aliphatic carbocycles. The molecule has 134 valence electrons. The normalized spacial score (nSPS) is 11.5. The molecule has 0 fully saturated rings. The third kappa shape index (κ3) is 14.6. The molecular weight excluding hydrogens is 304 g/mol. The van der Waals surface area contributed by atoms with Gasteiger partial charge in [-0.25, -0.2) is 0 Å². The number of rotatable bonds is 18. The zero-order valence-corrected chi connectivity index (χ0v) is 17.1. The average molecular weight is 341 g/mol. The Kier molecular flexibility index (Phi) is 15.7. The Morgan fingerprint density at radius 1 is 0.609 bits per heavy atom. The van der Waals surface area contributed by atoms with E-state index in [9.17, 15) is 0 Å². The summed E-state index contributed by atoms with van der Waals surface area (Å²) in [6.45, 7) is 13.3. The van der Waals surface area contributed by atoms with Gasteiger partial charge >= 0.3 is 0 Å². The molecule has 0 N–H and O–H groups in total. The van der Waals surface area contributed by atoms with Crippen LogP contribution in [0.1, 0.15) is 57.8 Å². The fraction of sp³-hybridized carbons (Fsp3) is 0.684. The molecule has 0 aromatic heterocycles. The Morgan fingerprint density at radius 2 is 0.913 bits per heavy atom. The highest BCUT2D eigenvalue weighted by molar-refractivity contribution is 6.12. The lowest BCUT2D eigenvalue weighted by molar-refractivity contribution is -0.325. The molecule has 0 aliphatic rings. The topological polar surface area (TPSA) is 27.7 Å². The van der Waals surface area contributed by atoms with Crippen molar-refractivity contribution in [2.24, 2.45) is 0 Å². The van der Waals surface area contributed by atoms with Gasteiger partial charge in [-0.15, -0.1) is 19.7 Å². The second kappa shape index (κ2) is 16.2. The Labute approximate surface area is 146 Å². The summed E-state index contributed by atoms with van der Waals surface area (Å²) in [6, 6.07) is 0. The van der Waals surface area contributed by atoms with Crippen LogP contribution < -0.4 is 0 Å². The summed E-state index contributed by atoms with van der Waals surface area (Å²) < 4.78 is 17.8. The molecule has 0 spiro atoms. The molecule has 23 heavy (non-hydrogen) atoms. The number of hydrogen-bond donors (Lipinski definition) is 0. The van der Waals surface area contributed by atoms with Crippen molar-refractivity contribution in [3.63, 3.8) is 0 Å². The minimum Gasteiger partial charge on any atom is -0.332 e. The monoisotopic (exact) mass is 340 g/mol. The summed E-state index contributed by atoms with van der Waals surface area (Å²) in [5.74, 6) is 0. The van der Waals surface area contributed by atoms with Crippen molar-refractivity contribution in [3.8, 4) is 0 Å². The lowest BCUT2D eigenvalue weighted by Gasteiger charge is -2.30. The van der Waals surface area contributed by atoms with Crippen LogP contribution >= 0.6 is 0 Å². The number of allylic oxidation sites excluding steroid dienone is 3. The van der Waals surface area contributed by atoms with Crippen molar-refractivity contribution < 1.29 is 14.2 Å². The van der Waals surface area contributed by atoms with E-state index in [0.29, 0.717) is 30.1 Å². The third-order valence-corrected chi connectivity index (χ3v) is 4.37. The van der Waals surface area contributed by atoms with Gasteiger partial charge in [0.05, 0.1) is 19.8 Å². The van der Waals surface area contributed by atoms with Gasteiger partial charge in [0.15, 0.2) is 0 Å². The van der Waals surface area contributed by atoms with E-state index in [0.717, 1.165) is 57.8 Å². The van der Waals surface area contributed by atoms with Crippen molar-refractivity contribution in [2.45, 2.75) is 63.4 Å². The van der Waals surface area contributed by atoms with Gasteiger partial charge < -0.3 is 14.2 Å². The minimum atomic E-state index is -0.795. The van der Waals surface area contributed by atoms with Crippen LogP contribution in [0.3, 0.4) is 0 Å². The molecule has 0 heterocycles. The van der Waals surface area contributed by atoms with E-state index in [4.69, 9.17) is 14.2 Å². The lowest BCUT2D eigenvalue weighted by atomic mass is 10.2. The van der Waals surface area contributed by atoms with Crippen molar-refractivity contribution in [3.05, 3.63) is 38.0 Å². The zero-order chi connectivity index (χ0) is 17.2. The standard InChI is InChI=1S/C19H36O3Si/c1-4-7-10-13-16-20-19(23,21-17-14-11-8-5-2)22-18-15-12-9-6-3/h4-6H,1-3,7-18H2,23H3. The third-order valence-electron chi connectivity index (χ3n) is 3.50. The molecule has 0 radical (unpaired) electrons. The van der Waals surface area contributed by atoms with Crippen molar-refractivity contribution >= 4 is 10.2 Å². The fourth-order valence-electron chi connectivity index (χ4n) is 2.07. The van der Waals surface area contributed by atoms with Gasteiger partial charge in [-0.05, 0) is 57.8 Å². The molecule has 0 unspecified atom stereocenters. The van der Waals surface area contributed by atoms with Crippen molar-refractivity contribution in [1.29, 1.82) is 0 Å². The summed E-state index contributed by atoms with van der Waals surface area (Å²) in [7, 11) is 0.699. The number of hydrogen-bond acceptors (Lipinski definition) is 3. The van der Waals surface area contributed by atoms with Crippen LogP contribution in [-0.2, 0) is 14.2 Å². The van der Waals surface area contributed by atoms with Gasteiger partial charge in [0.25, 0.3) is 0 Å². The van der Waals surface area contributed by atoms with E-state index < -0.39 is 5.60 Å². The molecule has 0 aromatic rings. The van der Waals surface area contributed by atoms with Crippen LogP contribution in [0.25, 0.3) is 0 Å². The lowest BCUT2D eigenvalue weighted by Crippen LogP contribution is -2.41. The fourth-order valence-corrected chi connectivity index (χ4v) is 2.68. The molecule has 0 atom stereocenters. The Hall–Kier alpha value is -0.683. The highest BCUT2D eigenvalue weighted by atomic mass is 28.1. The van der Waals surface area contributed by atoms with Crippen molar-refractivity contribution in [2.75, 3.05) is 19.8 Å². The van der Waals surface area contributed by atoms with E-state index in [1.54, 1.807) is 0 Å². The van der Waals surface area contributed by atoms with E-state index in [1.807, 2.05) is 18.2 Å². The Morgan fingerprint density at radius 3 is 1.17 bits per heavy atom. The van der Waals surface area contributed by atoms with Gasteiger partial charge in [0.2, 0.25) is 5.60 Å². The first-order valence-corrected chi connectivity index (χ1v) is 9.93. The molecular formula is C19H36O3Si. The summed E-state index contributed by atoms with van der Waals surface area (Å²) >= 11 is 0. The van der Waals surface area contributed by atoms with Crippen LogP contribution in [0.4, 0.5) is 0 Å². The van der Waals surface area contributed by atoms with E-state index >= 15 is 0 Å². The molecule has 0 saturated carbocycles. The molecule has 0 rings (SSSR count). The maximum absolute atomic E-state index is 5.93. The highest BCUT2D eigenvalue weighted by Crippen LogP contribution is 2.15. The van der Waals surface area contributed by atoms with Crippen LogP contribution in [0.15, 0.2) is 38.0 Å². The second-order valence-electron chi connectivity index (χ2n) is 5.76. The first kappa shape index (κ1) is 22.3. The maximum atomic E-state index is 5.93. The Balaban J connectivity index is 4.07. The van der Waals surface area contributed by atoms with Crippen LogP contribution in [0.2, 0.25) is 0 Å². The molecule has 0 amide bonds. The van der Waals surface area contributed by atoms with Crippen LogP contribution in [0, 0.1) is 0 Å². The van der Waals surface area contributed by atoms with Gasteiger partial charge in [-0.1, -0.05) is 18.2 Å². The van der Waals surface area contributed by atoms with Gasteiger partial charge in [-0.2, -0.15) is 0 Å². The summed E-state index contributed by atoms with van der Waals surface area (Å²) in [4.78, 5) is 0. The van der Waals surface area contributed by atoms with E-state index in [1.165, 1.54) is 0 Å². The smallest absolute Gasteiger partial charge is 0.245 e. The van der Waals surface area contributed by atoms with Crippen molar-refractivity contribution in [1.82, 2.24) is 0 Å². The largest absolute Gasteiger partial charge is 0.332 e. The number of unbranched alkanes of at least 4 members (excludes halogenated alkanes) is 6. The van der Waals surface area contributed by atoms with Crippen LogP contribution in [-0.4, -0.2) is 35.7 Å². The summed E-state index contributed by atoms with van der Waals surface area (Å²) in [5, 5.41) is 0. The van der Waals surface area contributed by atoms with E-state index in [-0.39, 0.29) is 0 Å². The summed E-state index contributed by atoms with van der Waals surface area (Å²) in [5.41, 5.74) is -0.795. The van der Waals surface area contributed by atoms with E-state index in [2.05, 4.69) is 19.7 Å². The molecule has 0 aliphatic heterocycles. The maximum Gasteiger partial charge on any atom is 0.245 e. The quantitative estimate of drug-likeness (QED) is 0.163. The molecule has 0 saturated heterocycles. The van der Waals surface area contributed by atoms with Crippen LogP contribution in [0.5, 0.6) is 0 Å². The van der Waals surface area contributed by atoms with Gasteiger partial charge in [0.1, 0.15) is 10.2 Å². The van der Waals surface area contributed by atoms with Gasteiger partial charge in [0, 0.05) is 0 Å². The first-order chi connectivity index (χ1) is 11.2. The zero-order valence-electron chi connectivity index (χ0n) is 15.1. The molecule has 4 heteroatoms. The predicted molar refractivity (Wildman–Crippen MR) is 103 cm³/mol. The Bertz CT molecular complexity index is 259. The molecule has 0 aromatic carbocycles. The molecule has 3 nitrogen and oxygen atoms in total. The highest BCUT2D eigenvalue weighted by Gasteiger charge is 2.25. The SMILES string of the molecule is C=CCCCCOC([SiH3])(OCCCCC=C)OCCCCC=C. The summed E-state index contributed by atoms with van der Waals surface area (Å²) in [6.07, 6.45) is 15.2. The van der Waals surface area contributed by atoms with Gasteiger partial charge in [-0.3, -0.25) is 0 Å². The number of ether oxygens (including phenoxy) is 3. The second-order valence-corrected chi connectivity index (χ2v) is 6.99. The minimum absolute atomic E-state index is 0.677. The average Bonchev–Trinajstić information content (AvgIpc) is 2.54. The first-order valence-electron chi connectivity index (χ1n) is 8.93. The molecule has 0 bridgehead atoms.